The molecule has 1 fully saturated rings. The van der Waals surface area contributed by atoms with E-state index in [4.69, 9.17) is 16.0 Å². The lowest BCUT2D eigenvalue weighted by molar-refractivity contribution is 0.0957. The first-order valence-electron chi connectivity index (χ1n) is 6.43. The molecule has 1 unspecified atom stereocenters. The number of ketones is 1. The van der Waals surface area contributed by atoms with E-state index in [0.717, 1.165) is 6.42 Å². The van der Waals surface area contributed by atoms with E-state index in [0.29, 0.717) is 28.8 Å². The van der Waals surface area contributed by atoms with E-state index in [2.05, 4.69) is 0 Å². The van der Waals surface area contributed by atoms with Crippen molar-refractivity contribution in [3.8, 4) is 0 Å². The summed E-state index contributed by atoms with van der Waals surface area (Å²) in [5.41, 5.74) is 0.422. The number of furan rings is 1. The second kappa shape index (κ2) is 4.90. The number of benzene rings is 1. The zero-order valence-corrected chi connectivity index (χ0v) is 12.2. The van der Waals surface area contributed by atoms with E-state index >= 15 is 0 Å². The van der Waals surface area contributed by atoms with E-state index in [1.807, 2.05) is 0 Å². The number of halogens is 1. The topological polar surface area (TPSA) is 64.3 Å². The minimum atomic E-state index is -3.36. The Morgan fingerprint density at radius 1 is 1.30 bits per heavy atom. The van der Waals surface area contributed by atoms with Crippen LogP contribution in [0.15, 0.2) is 28.7 Å². The molecule has 0 amide bonds. The summed E-state index contributed by atoms with van der Waals surface area (Å²) in [5.74, 6) is -0.315. The molecule has 20 heavy (non-hydrogen) atoms. The van der Waals surface area contributed by atoms with Gasteiger partial charge in [0.1, 0.15) is 5.25 Å². The lowest BCUT2D eigenvalue weighted by Crippen LogP contribution is -2.35. The van der Waals surface area contributed by atoms with Crippen molar-refractivity contribution in [2.45, 2.75) is 24.5 Å². The van der Waals surface area contributed by atoms with Crippen LogP contribution >= 0.6 is 11.6 Å². The summed E-state index contributed by atoms with van der Waals surface area (Å²) in [6.07, 6.45) is 1.74. The van der Waals surface area contributed by atoms with Crippen LogP contribution in [0, 0.1) is 0 Å². The van der Waals surface area contributed by atoms with Crippen molar-refractivity contribution in [3.63, 3.8) is 0 Å². The van der Waals surface area contributed by atoms with Crippen LogP contribution in [0.25, 0.3) is 11.0 Å². The van der Waals surface area contributed by atoms with Crippen molar-refractivity contribution in [3.05, 3.63) is 35.0 Å². The second-order valence-electron chi connectivity index (χ2n) is 4.98. The minimum Gasteiger partial charge on any atom is -0.451 e. The number of carbonyl (C=O) groups excluding carboxylic acids is 1. The molecule has 1 atom stereocenters. The molecule has 106 valence electrons. The highest BCUT2D eigenvalue weighted by atomic mass is 35.5. The maximum atomic E-state index is 12.4. The Balaban J connectivity index is 2.02. The van der Waals surface area contributed by atoms with Crippen molar-refractivity contribution in [2.75, 3.05) is 5.75 Å². The number of rotatable bonds is 2. The maximum absolute atomic E-state index is 12.4. The van der Waals surface area contributed by atoms with Gasteiger partial charge in [-0.15, -0.1) is 0 Å². The normalized spacial score (nSPS) is 21.9. The molecule has 1 saturated heterocycles. The molecule has 1 aromatic heterocycles. The first-order chi connectivity index (χ1) is 9.49. The highest BCUT2D eigenvalue weighted by molar-refractivity contribution is 7.92. The summed E-state index contributed by atoms with van der Waals surface area (Å²) >= 11 is 5.99. The van der Waals surface area contributed by atoms with Gasteiger partial charge in [0.15, 0.2) is 21.2 Å². The van der Waals surface area contributed by atoms with Gasteiger partial charge >= 0.3 is 0 Å². The Morgan fingerprint density at radius 2 is 2.10 bits per heavy atom. The van der Waals surface area contributed by atoms with Gasteiger partial charge in [-0.3, -0.25) is 4.79 Å². The molecule has 0 bridgehead atoms. The summed E-state index contributed by atoms with van der Waals surface area (Å²) in [7, 11) is -3.36. The average molecular weight is 313 g/mol. The number of hydrogen-bond donors (Lipinski definition) is 0. The molecule has 0 radical (unpaired) electrons. The molecule has 0 saturated carbocycles. The molecular formula is C14H13ClO4S. The van der Waals surface area contributed by atoms with Crippen LogP contribution in [-0.4, -0.2) is 25.2 Å². The molecule has 0 spiro atoms. The molecule has 6 heteroatoms. The van der Waals surface area contributed by atoms with Crippen molar-refractivity contribution in [2.24, 2.45) is 0 Å². The monoisotopic (exact) mass is 312 g/mol. The number of fused-ring (bicyclic) bond motifs is 1. The first-order valence-corrected chi connectivity index (χ1v) is 8.52. The van der Waals surface area contributed by atoms with Gasteiger partial charge in [0.2, 0.25) is 5.78 Å². The van der Waals surface area contributed by atoms with Crippen LogP contribution < -0.4 is 0 Å². The average Bonchev–Trinajstić information content (AvgIpc) is 2.83. The predicted molar refractivity (Wildman–Crippen MR) is 77.0 cm³/mol. The van der Waals surface area contributed by atoms with Crippen LogP contribution in [0.5, 0.6) is 0 Å². The Bertz CT molecular complexity index is 776. The highest BCUT2D eigenvalue weighted by Gasteiger charge is 2.36. The summed E-state index contributed by atoms with van der Waals surface area (Å²) in [6.45, 7) is 0. The lowest BCUT2D eigenvalue weighted by atomic mass is 10.1. The van der Waals surface area contributed by atoms with Crippen molar-refractivity contribution >= 4 is 38.2 Å². The van der Waals surface area contributed by atoms with Crippen LogP contribution in [0.2, 0.25) is 5.02 Å². The number of hydrogen-bond acceptors (Lipinski definition) is 4. The molecule has 1 aliphatic rings. The highest BCUT2D eigenvalue weighted by Crippen LogP contribution is 2.29. The zero-order chi connectivity index (χ0) is 14.3. The van der Waals surface area contributed by atoms with Gasteiger partial charge in [-0.1, -0.05) is 30.2 Å². The standard InChI is InChI=1S/C14H13ClO4S/c15-10-5-3-4-9-8-11(19-14(9)10)13(16)12-6-1-2-7-20(12,17)18/h3-5,8,12H,1-2,6-7H2. The Kier molecular flexibility index (Phi) is 3.34. The quantitative estimate of drug-likeness (QED) is 0.799. The molecule has 1 aliphatic heterocycles. The van der Waals surface area contributed by atoms with E-state index in [1.54, 1.807) is 24.3 Å². The second-order valence-corrected chi connectivity index (χ2v) is 7.69. The van der Waals surface area contributed by atoms with Crippen molar-refractivity contribution in [1.82, 2.24) is 0 Å². The first kappa shape index (κ1) is 13.6. The molecule has 4 nitrogen and oxygen atoms in total. The van der Waals surface area contributed by atoms with Crippen LogP contribution in [0.3, 0.4) is 0 Å². The largest absolute Gasteiger partial charge is 0.451 e. The number of para-hydroxylation sites is 1. The summed E-state index contributed by atoms with van der Waals surface area (Å²) in [4.78, 5) is 12.4. The fourth-order valence-corrected chi connectivity index (χ4v) is 4.64. The molecule has 3 rings (SSSR count). The van der Waals surface area contributed by atoms with Crippen molar-refractivity contribution < 1.29 is 17.6 Å². The van der Waals surface area contributed by atoms with Gasteiger partial charge in [0.25, 0.3) is 0 Å². The van der Waals surface area contributed by atoms with Gasteiger partial charge in [0, 0.05) is 5.39 Å². The van der Waals surface area contributed by atoms with E-state index in [1.165, 1.54) is 0 Å². The molecule has 1 aromatic carbocycles. The molecule has 0 aliphatic carbocycles. The summed E-state index contributed by atoms with van der Waals surface area (Å²) in [6, 6.07) is 6.76. The SMILES string of the molecule is O=C(c1cc2cccc(Cl)c2o1)C1CCCCS1(=O)=O. The fourth-order valence-electron chi connectivity index (χ4n) is 2.56. The van der Waals surface area contributed by atoms with E-state index in [9.17, 15) is 13.2 Å². The lowest BCUT2D eigenvalue weighted by Gasteiger charge is -2.19. The molecular weight excluding hydrogens is 300 g/mol. The smallest absolute Gasteiger partial charge is 0.216 e. The Hall–Kier alpha value is -1.33. The van der Waals surface area contributed by atoms with Crippen LogP contribution in [0.1, 0.15) is 29.8 Å². The molecule has 0 N–H and O–H groups in total. The fraction of sp³-hybridized carbons (Fsp3) is 0.357. The van der Waals surface area contributed by atoms with Crippen molar-refractivity contribution in [1.29, 1.82) is 0 Å². The van der Waals surface area contributed by atoms with Gasteiger partial charge in [0.05, 0.1) is 10.8 Å². The Labute approximate surface area is 121 Å². The summed E-state index contributed by atoms with van der Waals surface area (Å²) in [5, 5.41) is 0.137. The van der Waals surface area contributed by atoms with E-state index < -0.39 is 20.9 Å². The predicted octanol–water partition coefficient (Wildman–Crippen LogP) is 3.24. The zero-order valence-electron chi connectivity index (χ0n) is 10.6. The van der Waals surface area contributed by atoms with Crippen LogP contribution in [0.4, 0.5) is 0 Å². The molecule has 2 aromatic rings. The number of carbonyl (C=O) groups is 1. The third kappa shape index (κ3) is 2.25. The number of Topliss-reactive ketones (excluding diaryl/α,β-unsaturated/α-hetero) is 1. The van der Waals surface area contributed by atoms with Gasteiger partial charge in [-0.2, -0.15) is 0 Å². The Morgan fingerprint density at radius 3 is 2.80 bits per heavy atom. The van der Waals surface area contributed by atoms with E-state index in [-0.39, 0.29) is 11.5 Å². The van der Waals surface area contributed by atoms with Crippen LogP contribution in [-0.2, 0) is 9.84 Å². The minimum absolute atomic E-state index is 0.0728. The third-order valence-electron chi connectivity index (χ3n) is 3.61. The maximum Gasteiger partial charge on any atom is 0.216 e. The third-order valence-corrected chi connectivity index (χ3v) is 6.08. The molecule has 2 heterocycles. The van der Waals surface area contributed by atoms with Gasteiger partial charge < -0.3 is 4.42 Å². The van der Waals surface area contributed by atoms with Gasteiger partial charge in [-0.05, 0) is 25.0 Å². The number of sulfone groups is 1. The van der Waals surface area contributed by atoms with Gasteiger partial charge in [-0.25, -0.2) is 8.42 Å². The summed E-state index contributed by atoms with van der Waals surface area (Å²) < 4.78 is 29.4.